The summed E-state index contributed by atoms with van der Waals surface area (Å²) in [7, 11) is 1.87. The van der Waals surface area contributed by atoms with E-state index in [1.165, 1.54) is 17.5 Å². The zero-order valence-electron chi connectivity index (χ0n) is 17.0. The molecule has 150 valence electrons. The molecule has 1 aliphatic heterocycles. The molecule has 1 aromatic heterocycles. The van der Waals surface area contributed by atoms with Crippen LogP contribution in [0.15, 0.2) is 78.0 Å². The Balaban J connectivity index is 1.30. The molecule has 0 bridgehead atoms. The average Bonchev–Trinajstić information content (AvgIpc) is 3.43. The number of aromatic nitrogens is 2. The molecule has 0 spiro atoms. The monoisotopic (exact) mass is 387 g/mol. The van der Waals surface area contributed by atoms with Gasteiger partial charge >= 0.3 is 0 Å². The third-order valence-electron chi connectivity index (χ3n) is 5.60. The first-order valence-electron chi connectivity index (χ1n) is 10.4. The highest BCUT2D eigenvalue weighted by molar-refractivity contribution is 5.80. The van der Waals surface area contributed by atoms with Crippen molar-refractivity contribution < 1.29 is 0 Å². The number of hydrogen-bond donors (Lipinski definition) is 1. The molecule has 0 radical (unpaired) electrons. The molecule has 29 heavy (non-hydrogen) atoms. The first-order valence-corrected chi connectivity index (χ1v) is 10.4. The van der Waals surface area contributed by atoms with Crippen LogP contribution < -0.4 is 5.32 Å². The van der Waals surface area contributed by atoms with Gasteiger partial charge in [0, 0.05) is 58.0 Å². The van der Waals surface area contributed by atoms with Crippen LogP contribution in [0.4, 0.5) is 0 Å². The van der Waals surface area contributed by atoms with Crippen molar-refractivity contribution in [2.24, 2.45) is 4.99 Å². The van der Waals surface area contributed by atoms with Crippen molar-refractivity contribution in [3.05, 3.63) is 90.0 Å². The van der Waals surface area contributed by atoms with Gasteiger partial charge in [0.2, 0.25) is 0 Å². The molecule has 1 aliphatic rings. The Kier molecular flexibility index (Phi) is 6.25. The zero-order chi connectivity index (χ0) is 19.9. The highest BCUT2D eigenvalue weighted by atomic mass is 15.3. The second kappa shape index (κ2) is 9.41. The second-order valence-electron chi connectivity index (χ2n) is 7.52. The van der Waals surface area contributed by atoms with E-state index in [0.29, 0.717) is 5.92 Å². The summed E-state index contributed by atoms with van der Waals surface area (Å²) in [4.78, 5) is 11.4. The van der Waals surface area contributed by atoms with E-state index < -0.39 is 0 Å². The summed E-state index contributed by atoms with van der Waals surface area (Å²) in [6, 6.07) is 21.3. The Bertz CT molecular complexity index is 917. The van der Waals surface area contributed by atoms with Crippen molar-refractivity contribution >= 4 is 5.96 Å². The van der Waals surface area contributed by atoms with E-state index in [1.54, 1.807) is 0 Å². The van der Waals surface area contributed by atoms with Gasteiger partial charge in [-0.05, 0) is 17.5 Å². The number of rotatable bonds is 6. The minimum atomic E-state index is 0.583. The minimum absolute atomic E-state index is 0.583. The predicted octanol–water partition coefficient (Wildman–Crippen LogP) is 3.54. The summed E-state index contributed by atoms with van der Waals surface area (Å²) in [5.41, 5.74) is 2.72. The predicted molar refractivity (Wildman–Crippen MR) is 118 cm³/mol. The molecular formula is C24H29N5. The van der Waals surface area contributed by atoms with Crippen molar-refractivity contribution in [3.63, 3.8) is 0 Å². The molecular weight excluding hydrogens is 358 g/mol. The number of guanidine groups is 1. The average molecular weight is 388 g/mol. The quantitative estimate of drug-likeness (QED) is 0.520. The van der Waals surface area contributed by atoms with E-state index in [-0.39, 0.29) is 0 Å². The zero-order valence-corrected chi connectivity index (χ0v) is 17.0. The molecule has 0 amide bonds. The summed E-state index contributed by atoms with van der Waals surface area (Å²) in [6.45, 7) is 3.74. The third-order valence-corrected chi connectivity index (χ3v) is 5.60. The minimum Gasteiger partial charge on any atom is -0.356 e. The Hall–Kier alpha value is -3.08. The Morgan fingerprint density at radius 1 is 1.10 bits per heavy atom. The van der Waals surface area contributed by atoms with Crippen molar-refractivity contribution in [2.75, 3.05) is 26.7 Å². The standard InChI is InChI=1S/C24H29N5/c1-25-24(29-16-13-22(19-29)21-10-6-3-7-11-21)27-14-12-23-26-15-17-28(23)18-20-8-4-2-5-9-20/h2-11,15,17,22H,12-14,16,18-19H2,1H3,(H,25,27). The number of nitrogens with zero attached hydrogens (tertiary/aromatic N) is 4. The number of imidazole rings is 1. The summed E-state index contributed by atoms with van der Waals surface area (Å²) >= 11 is 0. The second-order valence-corrected chi connectivity index (χ2v) is 7.52. The fraction of sp³-hybridized carbons (Fsp3) is 0.333. The molecule has 0 saturated carbocycles. The number of benzene rings is 2. The third kappa shape index (κ3) is 4.86. The van der Waals surface area contributed by atoms with Gasteiger partial charge in [-0.2, -0.15) is 0 Å². The van der Waals surface area contributed by atoms with Gasteiger partial charge in [0.25, 0.3) is 0 Å². The largest absolute Gasteiger partial charge is 0.356 e. The van der Waals surface area contributed by atoms with Crippen LogP contribution >= 0.6 is 0 Å². The maximum atomic E-state index is 4.55. The molecule has 1 N–H and O–H groups in total. The summed E-state index contributed by atoms with van der Waals surface area (Å²) in [5.74, 6) is 2.67. The van der Waals surface area contributed by atoms with Gasteiger partial charge in [0.1, 0.15) is 5.82 Å². The van der Waals surface area contributed by atoms with Gasteiger partial charge in [-0.15, -0.1) is 0 Å². The molecule has 5 nitrogen and oxygen atoms in total. The van der Waals surface area contributed by atoms with Crippen LogP contribution in [0.5, 0.6) is 0 Å². The summed E-state index contributed by atoms with van der Waals surface area (Å²) in [6.07, 6.45) is 5.99. The molecule has 5 heteroatoms. The smallest absolute Gasteiger partial charge is 0.193 e. The van der Waals surface area contributed by atoms with E-state index in [0.717, 1.165) is 44.4 Å². The molecule has 2 heterocycles. The summed E-state index contributed by atoms with van der Waals surface area (Å²) < 4.78 is 2.22. The summed E-state index contributed by atoms with van der Waals surface area (Å²) in [5, 5.41) is 3.54. The highest BCUT2D eigenvalue weighted by Crippen LogP contribution is 2.26. The number of hydrogen-bond acceptors (Lipinski definition) is 2. The van der Waals surface area contributed by atoms with Crippen LogP contribution in [-0.4, -0.2) is 47.1 Å². The Morgan fingerprint density at radius 2 is 1.86 bits per heavy atom. The van der Waals surface area contributed by atoms with Crippen LogP contribution in [0.3, 0.4) is 0 Å². The number of nitrogens with one attached hydrogen (secondary N) is 1. The van der Waals surface area contributed by atoms with E-state index >= 15 is 0 Å². The first kappa shape index (κ1) is 19.2. The highest BCUT2D eigenvalue weighted by Gasteiger charge is 2.25. The molecule has 3 aromatic rings. The van der Waals surface area contributed by atoms with Gasteiger partial charge in [-0.1, -0.05) is 60.7 Å². The Labute approximate surface area is 173 Å². The fourth-order valence-corrected chi connectivity index (χ4v) is 4.06. The molecule has 1 unspecified atom stereocenters. The van der Waals surface area contributed by atoms with Gasteiger partial charge in [-0.25, -0.2) is 4.98 Å². The lowest BCUT2D eigenvalue weighted by Crippen LogP contribution is -2.40. The fourth-order valence-electron chi connectivity index (χ4n) is 4.06. The molecule has 2 aromatic carbocycles. The molecule has 1 atom stereocenters. The van der Waals surface area contributed by atoms with Gasteiger partial charge in [0.15, 0.2) is 5.96 Å². The van der Waals surface area contributed by atoms with Crippen LogP contribution in [0.1, 0.15) is 29.3 Å². The molecule has 0 aliphatic carbocycles. The van der Waals surface area contributed by atoms with Gasteiger partial charge in [0.05, 0.1) is 0 Å². The lowest BCUT2D eigenvalue weighted by Gasteiger charge is -2.22. The van der Waals surface area contributed by atoms with Crippen molar-refractivity contribution in [1.82, 2.24) is 19.8 Å². The van der Waals surface area contributed by atoms with Crippen LogP contribution in [-0.2, 0) is 13.0 Å². The lowest BCUT2D eigenvalue weighted by molar-refractivity contribution is 0.485. The van der Waals surface area contributed by atoms with E-state index in [9.17, 15) is 0 Å². The maximum absolute atomic E-state index is 4.55. The van der Waals surface area contributed by atoms with Crippen LogP contribution in [0.25, 0.3) is 0 Å². The van der Waals surface area contributed by atoms with E-state index in [1.807, 2.05) is 13.2 Å². The first-order chi connectivity index (χ1) is 14.3. The molecule has 4 rings (SSSR count). The van der Waals surface area contributed by atoms with Crippen LogP contribution in [0.2, 0.25) is 0 Å². The number of likely N-dealkylation sites (tertiary alicyclic amines) is 1. The number of aliphatic imine (C=N–C) groups is 1. The normalized spacial score (nSPS) is 16.9. The van der Waals surface area contributed by atoms with Crippen molar-refractivity contribution in [2.45, 2.75) is 25.3 Å². The maximum Gasteiger partial charge on any atom is 0.193 e. The van der Waals surface area contributed by atoms with E-state index in [4.69, 9.17) is 0 Å². The topological polar surface area (TPSA) is 45.5 Å². The van der Waals surface area contributed by atoms with Gasteiger partial charge in [-0.3, -0.25) is 4.99 Å². The van der Waals surface area contributed by atoms with Crippen molar-refractivity contribution in [1.29, 1.82) is 0 Å². The van der Waals surface area contributed by atoms with Gasteiger partial charge < -0.3 is 14.8 Å². The molecule has 1 saturated heterocycles. The Morgan fingerprint density at radius 3 is 2.62 bits per heavy atom. The lowest BCUT2D eigenvalue weighted by atomic mass is 9.99. The SMILES string of the molecule is CN=C(NCCc1nccn1Cc1ccccc1)N1CCC(c2ccccc2)C1. The van der Waals surface area contributed by atoms with Crippen molar-refractivity contribution in [3.8, 4) is 0 Å². The molecule has 1 fully saturated rings. The van der Waals surface area contributed by atoms with E-state index in [2.05, 4.69) is 91.6 Å². The van der Waals surface area contributed by atoms with Crippen LogP contribution in [0, 0.1) is 0 Å².